The van der Waals surface area contributed by atoms with Crippen LogP contribution in [0.25, 0.3) is 0 Å². The van der Waals surface area contributed by atoms with E-state index in [4.69, 9.17) is 11.1 Å². The zero-order valence-corrected chi connectivity index (χ0v) is 10.7. The smallest absolute Gasteiger partial charge is 0.0921 e. The highest BCUT2D eigenvalue weighted by Crippen LogP contribution is 2.09. The van der Waals surface area contributed by atoms with Gasteiger partial charge in [0.15, 0.2) is 0 Å². The highest BCUT2D eigenvalue weighted by molar-refractivity contribution is 5.77. The lowest BCUT2D eigenvalue weighted by atomic mass is 10.1. The predicted molar refractivity (Wildman–Crippen MR) is 68.9 cm³/mol. The van der Waals surface area contributed by atoms with Gasteiger partial charge in [-0.1, -0.05) is 6.92 Å². The van der Waals surface area contributed by atoms with E-state index in [1.54, 1.807) is 0 Å². The van der Waals surface area contributed by atoms with Crippen molar-refractivity contribution in [3.63, 3.8) is 0 Å². The third-order valence-corrected chi connectivity index (χ3v) is 3.52. The van der Waals surface area contributed by atoms with Crippen molar-refractivity contribution < 1.29 is 0 Å². The molecule has 0 bridgehead atoms. The fraction of sp³-hybridized carbons (Fsp3) is 0.917. The average molecular weight is 226 g/mol. The molecule has 1 rings (SSSR count). The van der Waals surface area contributed by atoms with Crippen molar-refractivity contribution >= 4 is 5.84 Å². The average Bonchev–Trinajstić information content (AvgIpc) is 2.75. The van der Waals surface area contributed by atoms with Gasteiger partial charge in [-0.3, -0.25) is 5.41 Å². The molecular formula is C12H26N4. The molecule has 94 valence electrons. The summed E-state index contributed by atoms with van der Waals surface area (Å²) in [4.78, 5) is 4.87. The summed E-state index contributed by atoms with van der Waals surface area (Å²) in [6, 6.07) is 0.431. The minimum atomic E-state index is 0.305. The van der Waals surface area contributed by atoms with Crippen LogP contribution in [-0.4, -0.2) is 54.9 Å². The first kappa shape index (κ1) is 13.5. The number of hydrogen-bond acceptors (Lipinski definition) is 3. The molecule has 1 unspecified atom stereocenters. The minimum Gasteiger partial charge on any atom is -0.388 e. The maximum atomic E-state index is 7.36. The molecule has 0 aromatic heterocycles. The van der Waals surface area contributed by atoms with Crippen molar-refractivity contribution in [3.8, 4) is 0 Å². The maximum Gasteiger partial charge on any atom is 0.0921 e. The summed E-state index contributed by atoms with van der Waals surface area (Å²) in [6.45, 7) is 6.94. The second-order valence-electron chi connectivity index (χ2n) is 4.82. The molecule has 0 amide bonds. The van der Waals surface area contributed by atoms with E-state index in [1.807, 2.05) is 0 Å². The highest BCUT2D eigenvalue weighted by Gasteiger charge is 2.16. The van der Waals surface area contributed by atoms with E-state index < -0.39 is 0 Å². The molecule has 1 heterocycles. The van der Waals surface area contributed by atoms with Crippen LogP contribution in [0.2, 0.25) is 0 Å². The van der Waals surface area contributed by atoms with Gasteiger partial charge in [-0.15, -0.1) is 0 Å². The van der Waals surface area contributed by atoms with E-state index in [-0.39, 0.29) is 0 Å². The van der Waals surface area contributed by atoms with Gasteiger partial charge in [-0.25, -0.2) is 0 Å². The lowest BCUT2D eigenvalue weighted by molar-refractivity contribution is 0.204. The molecule has 16 heavy (non-hydrogen) atoms. The van der Waals surface area contributed by atoms with Crippen molar-refractivity contribution in [3.05, 3.63) is 0 Å². The van der Waals surface area contributed by atoms with Crippen LogP contribution in [0.3, 0.4) is 0 Å². The van der Waals surface area contributed by atoms with Gasteiger partial charge in [-0.2, -0.15) is 0 Å². The van der Waals surface area contributed by atoms with Crippen LogP contribution in [0.4, 0.5) is 0 Å². The fourth-order valence-electron chi connectivity index (χ4n) is 2.35. The SMILES string of the molecule is CCC(CC(=N)N)N(C)CCN1CCCC1. The molecule has 0 saturated carbocycles. The summed E-state index contributed by atoms with van der Waals surface area (Å²) >= 11 is 0. The number of likely N-dealkylation sites (N-methyl/N-ethyl adjacent to an activating group) is 1. The van der Waals surface area contributed by atoms with Gasteiger partial charge in [0.05, 0.1) is 5.84 Å². The second-order valence-corrected chi connectivity index (χ2v) is 4.82. The third-order valence-electron chi connectivity index (χ3n) is 3.52. The lowest BCUT2D eigenvalue weighted by Crippen LogP contribution is -2.39. The molecule has 0 aromatic carbocycles. The molecule has 0 aromatic rings. The molecular weight excluding hydrogens is 200 g/mol. The predicted octanol–water partition coefficient (Wildman–Crippen LogP) is 1.12. The Morgan fingerprint density at radius 3 is 2.56 bits per heavy atom. The topological polar surface area (TPSA) is 56.4 Å². The Morgan fingerprint density at radius 2 is 2.06 bits per heavy atom. The number of hydrogen-bond donors (Lipinski definition) is 2. The molecule has 1 aliphatic heterocycles. The van der Waals surface area contributed by atoms with Gasteiger partial charge in [0.2, 0.25) is 0 Å². The first-order valence-electron chi connectivity index (χ1n) is 6.39. The van der Waals surface area contributed by atoms with Crippen LogP contribution in [0.15, 0.2) is 0 Å². The molecule has 1 saturated heterocycles. The fourth-order valence-corrected chi connectivity index (χ4v) is 2.35. The Bertz CT molecular complexity index is 211. The van der Waals surface area contributed by atoms with Crippen molar-refractivity contribution in [2.45, 2.75) is 38.6 Å². The number of nitrogens with one attached hydrogen (secondary N) is 1. The second kappa shape index (κ2) is 6.86. The molecule has 1 fully saturated rings. The van der Waals surface area contributed by atoms with Gasteiger partial charge >= 0.3 is 0 Å². The summed E-state index contributed by atoms with van der Waals surface area (Å²) < 4.78 is 0. The van der Waals surface area contributed by atoms with Gasteiger partial charge < -0.3 is 15.5 Å². The van der Waals surface area contributed by atoms with Crippen molar-refractivity contribution in [1.29, 1.82) is 5.41 Å². The number of amidine groups is 1. The van der Waals surface area contributed by atoms with Crippen molar-refractivity contribution in [2.75, 3.05) is 33.2 Å². The molecule has 0 aliphatic carbocycles. The Hall–Kier alpha value is -0.610. The molecule has 0 radical (unpaired) electrons. The zero-order valence-electron chi connectivity index (χ0n) is 10.7. The van der Waals surface area contributed by atoms with E-state index in [2.05, 4.69) is 23.8 Å². The van der Waals surface area contributed by atoms with Gasteiger partial charge in [0.1, 0.15) is 0 Å². The summed E-state index contributed by atoms with van der Waals surface area (Å²) in [5, 5.41) is 7.36. The van der Waals surface area contributed by atoms with Crippen LogP contribution < -0.4 is 5.73 Å². The summed E-state index contributed by atoms with van der Waals surface area (Å²) in [7, 11) is 2.15. The Labute approximate surface area is 99.3 Å². The summed E-state index contributed by atoms with van der Waals surface area (Å²) in [5.74, 6) is 0.305. The Kier molecular flexibility index (Phi) is 5.77. The van der Waals surface area contributed by atoms with E-state index >= 15 is 0 Å². The molecule has 1 aliphatic rings. The lowest BCUT2D eigenvalue weighted by Gasteiger charge is -2.28. The van der Waals surface area contributed by atoms with E-state index in [0.29, 0.717) is 18.3 Å². The Balaban J connectivity index is 2.24. The maximum absolute atomic E-state index is 7.36. The third kappa shape index (κ3) is 4.49. The van der Waals surface area contributed by atoms with Gasteiger partial charge in [-0.05, 0) is 39.4 Å². The Morgan fingerprint density at radius 1 is 1.44 bits per heavy atom. The monoisotopic (exact) mass is 226 g/mol. The van der Waals surface area contributed by atoms with Crippen molar-refractivity contribution in [2.24, 2.45) is 5.73 Å². The number of rotatable bonds is 7. The van der Waals surface area contributed by atoms with Crippen LogP contribution in [0, 0.1) is 5.41 Å². The van der Waals surface area contributed by atoms with Crippen LogP contribution in [0.1, 0.15) is 32.6 Å². The largest absolute Gasteiger partial charge is 0.388 e. The molecule has 1 atom stereocenters. The van der Waals surface area contributed by atoms with E-state index in [0.717, 1.165) is 19.5 Å². The molecule has 4 nitrogen and oxygen atoms in total. The van der Waals surface area contributed by atoms with Crippen LogP contribution in [-0.2, 0) is 0 Å². The number of likely N-dealkylation sites (tertiary alicyclic amines) is 1. The van der Waals surface area contributed by atoms with Crippen LogP contribution >= 0.6 is 0 Å². The highest BCUT2D eigenvalue weighted by atomic mass is 15.2. The van der Waals surface area contributed by atoms with E-state index in [1.165, 1.54) is 25.9 Å². The number of nitrogens with two attached hydrogens (primary N) is 1. The van der Waals surface area contributed by atoms with Gasteiger partial charge in [0.25, 0.3) is 0 Å². The summed E-state index contributed by atoms with van der Waals surface area (Å²) in [6.07, 6.45) is 4.48. The van der Waals surface area contributed by atoms with Crippen molar-refractivity contribution in [1.82, 2.24) is 9.80 Å². The standard InChI is InChI=1S/C12H26N4/c1-3-11(10-12(13)14)15(2)8-9-16-6-4-5-7-16/h11H,3-10H2,1-2H3,(H3,13,14). The quantitative estimate of drug-likeness (QED) is 0.505. The minimum absolute atomic E-state index is 0.305. The van der Waals surface area contributed by atoms with Gasteiger partial charge in [0, 0.05) is 25.6 Å². The van der Waals surface area contributed by atoms with E-state index in [9.17, 15) is 0 Å². The van der Waals surface area contributed by atoms with Crippen LogP contribution in [0.5, 0.6) is 0 Å². The first-order chi connectivity index (χ1) is 7.63. The first-order valence-corrected chi connectivity index (χ1v) is 6.39. The number of nitrogens with zero attached hydrogens (tertiary/aromatic N) is 2. The zero-order chi connectivity index (χ0) is 12.0. The molecule has 0 spiro atoms. The molecule has 3 N–H and O–H groups in total. The molecule has 4 heteroatoms. The summed E-state index contributed by atoms with van der Waals surface area (Å²) in [5.41, 5.74) is 5.47. The normalized spacial score (nSPS) is 19.2.